The Bertz CT molecular complexity index is 335. The first-order chi connectivity index (χ1) is 13.3. The molecule has 9 nitrogen and oxygen atoms in total. The number of rotatable bonds is 19. The maximum Gasteiger partial charge on any atom is 0.305 e. The predicted octanol–water partition coefficient (Wildman–Crippen LogP) is 1.09. The summed E-state index contributed by atoms with van der Waals surface area (Å²) in [5.41, 5.74) is 0. The molecular formula is C18H34O9. The quantitative estimate of drug-likeness (QED) is 0.323. The highest BCUT2D eigenvalue weighted by Gasteiger charge is 2.13. The van der Waals surface area contributed by atoms with Crippen LogP contribution in [0, 0.1) is 0 Å². The van der Waals surface area contributed by atoms with Crippen LogP contribution in [0.25, 0.3) is 0 Å². The van der Waals surface area contributed by atoms with Crippen molar-refractivity contribution in [1.29, 1.82) is 0 Å². The summed E-state index contributed by atoms with van der Waals surface area (Å²) in [7, 11) is 0. The molecule has 27 heavy (non-hydrogen) atoms. The van der Waals surface area contributed by atoms with Gasteiger partial charge < -0.3 is 38.3 Å². The van der Waals surface area contributed by atoms with E-state index in [0.717, 1.165) is 25.9 Å². The minimum atomic E-state index is -0.864. The molecule has 1 heterocycles. The van der Waals surface area contributed by atoms with Crippen LogP contribution in [0.1, 0.15) is 25.7 Å². The molecule has 1 unspecified atom stereocenters. The third-order valence-corrected chi connectivity index (χ3v) is 3.62. The van der Waals surface area contributed by atoms with E-state index < -0.39 is 5.97 Å². The summed E-state index contributed by atoms with van der Waals surface area (Å²) in [6.07, 6.45) is 3.20. The van der Waals surface area contributed by atoms with Crippen molar-refractivity contribution in [3.8, 4) is 0 Å². The van der Waals surface area contributed by atoms with Gasteiger partial charge in [0.15, 0.2) is 6.29 Å². The van der Waals surface area contributed by atoms with E-state index in [1.807, 2.05) is 0 Å². The van der Waals surface area contributed by atoms with Gasteiger partial charge in [-0.1, -0.05) is 0 Å². The number of hydrogen-bond acceptors (Lipinski definition) is 8. The van der Waals surface area contributed by atoms with Crippen molar-refractivity contribution >= 4 is 5.97 Å². The number of carboxylic acids is 1. The van der Waals surface area contributed by atoms with Crippen molar-refractivity contribution in [2.45, 2.75) is 32.0 Å². The van der Waals surface area contributed by atoms with Gasteiger partial charge >= 0.3 is 5.97 Å². The van der Waals surface area contributed by atoms with Crippen LogP contribution in [0.3, 0.4) is 0 Å². The predicted molar refractivity (Wildman–Crippen MR) is 95.9 cm³/mol. The summed E-state index contributed by atoms with van der Waals surface area (Å²) < 4.78 is 37.6. The maximum absolute atomic E-state index is 10.3. The number of hydrogen-bond donors (Lipinski definition) is 1. The van der Waals surface area contributed by atoms with Gasteiger partial charge in [-0.2, -0.15) is 0 Å². The highest BCUT2D eigenvalue weighted by molar-refractivity contribution is 5.66. The Labute approximate surface area is 161 Å². The molecule has 0 spiro atoms. The van der Waals surface area contributed by atoms with Crippen LogP contribution in [0.15, 0.2) is 0 Å². The molecule has 1 aliphatic rings. The van der Waals surface area contributed by atoms with Gasteiger partial charge in [0.05, 0.1) is 79.1 Å². The van der Waals surface area contributed by atoms with E-state index in [-0.39, 0.29) is 19.3 Å². The monoisotopic (exact) mass is 394 g/mol. The van der Waals surface area contributed by atoms with Gasteiger partial charge in [0, 0.05) is 6.61 Å². The van der Waals surface area contributed by atoms with Gasteiger partial charge in [0.2, 0.25) is 0 Å². The van der Waals surface area contributed by atoms with Crippen LogP contribution in [0.2, 0.25) is 0 Å². The zero-order chi connectivity index (χ0) is 19.4. The van der Waals surface area contributed by atoms with Crippen molar-refractivity contribution in [3.05, 3.63) is 0 Å². The second-order valence-corrected chi connectivity index (χ2v) is 5.87. The van der Waals surface area contributed by atoms with Crippen LogP contribution in [0.5, 0.6) is 0 Å². The highest BCUT2D eigenvalue weighted by atomic mass is 16.7. The molecule has 9 heteroatoms. The summed E-state index contributed by atoms with van der Waals surface area (Å²) in [6, 6.07) is 0. The zero-order valence-corrected chi connectivity index (χ0v) is 16.1. The van der Waals surface area contributed by atoms with Gasteiger partial charge in [0.25, 0.3) is 0 Å². The molecule has 1 rings (SSSR count). The second kappa shape index (κ2) is 18.5. The summed E-state index contributed by atoms with van der Waals surface area (Å²) in [6.45, 7) is 5.89. The first kappa shape index (κ1) is 24.2. The van der Waals surface area contributed by atoms with Gasteiger partial charge in [-0.15, -0.1) is 0 Å². The summed E-state index contributed by atoms with van der Waals surface area (Å²) in [5, 5.41) is 8.43. The lowest BCUT2D eigenvalue weighted by molar-refractivity contribution is -0.169. The average Bonchev–Trinajstić information content (AvgIpc) is 2.67. The molecular weight excluding hydrogens is 360 g/mol. The van der Waals surface area contributed by atoms with Gasteiger partial charge in [0.1, 0.15) is 0 Å². The van der Waals surface area contributed by atoms with Crippen LogP contribution in [-0.4, -0.2) is 96.6 Å². The van der Waals surface area contributed by atoms with Crippen molar-refractivity contribution < 1.29 is 43.1 Å². The van der Waals surface area contributed by atoms with E-state index in [4.69, 9.17) is 38.3 Å². The lowest BCUT2D eigenvalue weighted by Crippen LogP contribution is -2.24. The third kappa shape index (κ3) is 17.0. The number of aliphatic carboxylic acids is 1. The van der Waals surface area contributed by atoms with Crippen molar-refractivity contribution in [1.82, 2.24) is 0 Å². The van der Waals surface area contributed by atoms with E-state index in [1.54, 1.807) is 0 Å². The molecule has 0 radical (unpaired) electrons. The normalized spacial score (nSPS) is 17.3. The first-order valence-electron chi connectivity index (χ1n) is 9.63. The van der Waals surface area contributed by atoms with E-state index in [0.29, 0.717) is 66.1 Å². The largest absolute Gasteiger partial charge is 0.481 e. The third-order valence-electron chi connectivity index (χ3n) is 3.62. The molecule has 160 valence electrons. The molecule has 0 aromatic heterocycles. The number of carbonyl (C=O) groups is 1. The lowest BCUT2D eigenvalue weighted by Gasteiger charge is -2.22. The number of ether oxygens (including phenoxy) is 7. The number of carboxylic acid groups (broad SMARTS) is 1. The Hall–Kier alpha value is -0.810. The minimum Gasteiger partial charge on any atom is -0.481 e. The van der Waals surface area contributed by atoms with E-state index >= 15 is 0 Å². The Balaban J connectivity index is 1.66. The molecule has 0 saturated carbocycles. The fourth-order valence-electron chi connectivity index (χ4n) is 2.22. The van der Waals surface area contributed by atoms with Crippen molar-refractivity contribution in [2.24, 2.45) is 0 Å². The molecule has 1 aliphatic heterocycles. The Morgan fingerprint density at radius 1 is 0.741 bits per heavy atom. The molecule has 1 saturated heterocycles. The molecule has 0 aliphatic carbocycles. The van der Waals surface area contributed by atoms with Crippen LogP contribution in [-0.2, 0) is 38.0 Å². The Morgan fingerprint density at radius 2 is 1.22 bits per heavy atom. The summed E-state index contributed by atoms with van der Waals surface area (Å²) in [4.78, 5) is 10.3. The smallest absolute Gasteiger partial charge is 0.305 e. The molecule has 0 aromatic carbocycles. The van der Waals surface area contributed by atoms with Crippen LogP contribution < -0.4 is 0 Å². The average molecular weight is 394 g/mol. The van der Waals surface area contributed by atoms with Crippen molar-refractivity contribution in [3.63, 3.8) is 0 Å². The highest BCUT2D eigenvalue weighted by Crippen LogP contribution is 2.13. The molecule has 1 atom stereocenters. The van der Waals surface area contributed by atoms with E-state index in [9.17, 15) is 4.79 Å². The van der Waals surface area contributed by atoms with Crippen LogP contribution >= 0.6 is 0 Å². The molecule has 0 amide bonds. The van der Waals surface area contributed by atoms with Crippen LogP contribution in [0.4, 0.5) is 0 Å². The first-order valence-corrected chi connectivity index (χ1v) is 9.63. The SMILES string of the molecule is O=C(O)CCOCCOCCOCCOCCOCCOC1CCCCO1. The van der Waals surface area contributed by atoms with Gasteiger partial charge in [-0.3, -0.25) is 4.79 Å². The molecule has 0 aromatic rings. The van der Waals surface area contributed by atoms with E-state index in [1.165, 1.54) is 0 Å². The summed E-state index contributed by atoms with van der Waals surface area (Å²) >= 11 is 0. The van der Waals surface area contributed by atoms with Gasteiger partial charge in [-0.25, -0.2) is 0 Å². The Morgan fingerprint density at radius 3 is 1.67 bits per heavy atom. The lowest BCUT2D eigenvalue weighted by atomic mass is 10.2. The standard InChI is InChI=1S/C18H34O9/c19-17(20)4-6-21-7-8-22-9-10-23-11-12-24-13-14-25-15-16-27-18-3-1-2-5-26-18/h18H,1-16H2,(H,19,20). The molecule has 0 bridgehead atoms. The van der Waals surface area contributed by atoms with E-state index in [2.05, 4.69) is 0 Å². The Kier molecular flexibility index (Phi) is 16.6. The maximum atomic E-state index is 10.3. The van der Waals surface area contributed by atoms with Gasteiger partial charge in [-0.05, 0) is 19.3 Å². The zero-order valence-electron chi connectivity index (χ0n) is 16.1. The molecule has 1 fully saturated rings. The van der Waals surface area contributed by atoms with Crippen molar-refractivity contribution in [2.75, 3.05) is 79.3 Å². The molecule has 1 N–H and O–H groups in total. The fourth-order valence-corrected chi connectivity index (χ4v) is 2.22. The minimum absolute atomic E-state index is 0.0113. The second-order valence-electron chi connectivity index (χ2n) is 5.87. The topological polar surface area (TPSA) is 102 Å². The summed E-state index contributed by atoms with van der Waals surface area (Å²) in [5.74, 6) is -0.864. The fraction of sp³-hybridized carbons (Fsp3) is 0.944.